The Kier molecular flexibility index (Phi) is 7.88. The minimum Gasteiger partial charge on any atom is -0.470 e. The van der Waals surface area contributed by atoms with Gasteiger partial charge in [0.15, 0.2) is 0 Å². The molecule has 108 valence electrons. The summed E-state index contributed by atoms with van der Waals surface area (Å²) in [4.78, 5) is 11.5. The third kappa shape index (κ3) is 6.26. The van der Waals surface area contributed by atoms with E-state index in [1.54, 1.807) is 12.1 Å². The van der Waals surface area contributed by atoms with E-state index in [2.05, 4.69) is 0 Å². The Morgan fingerprint density at radius 3 is 2.10 bits per heavy atom. The Morgan fingerprint density at radius 1 is 0.952 bits per heavy atom. The first-order valence-corrected chi connectivity index (χ1v) is 6.46. The van der Waals surface area contributed by atoms with Crippen LogP contribution in [0, 0.1) is 0 Å². The molecule has 3 aromatic carbocycles. The summed E-state index contributed by atoms with van der Waals surface area (Å²) in [7, 11) is 0. The quantitative estimate of drug-likeness (QED) is 0.411. The van der Waals surface area contributed by atoms with Gasteiger partial charge in [0.05, 0.1) is 12.2 Å². The van der Waals surface area contributed by atoms with Gasteiger partial charge >= 0.3 is 23.0 Å². The van der Waals surface area contributed by atoms with Gasteiger partial charge in [0.25, 0.3) is 0 Å². The van der Waals surface area contributed by atoms with E-state index < -0.39 is 0 Å². The number of hydrogen-bond acceptors (Lipinski definition) is 2. The second-order valence-corrected chi connectivity index (χ2v) is 4.20. The molecular weight excluding hydrogens is 304 g/mol. The Hall–Kier alpha value is -2.09. The van der Waals surface area contributed by atoms with Crippen molar-refractivity contribution < 1.29 is 26.6 Å². The van der Waals surface area contributed by atoms with E-state index in [4.69, 9.17) is 4.74 Å². The van der Waals surface area contributed by atoms with E-state index in [1.165, 1.54) is 0 Å². The van der Waals surface area contributed by atoms with Crippen molar-refractivity contribution in [3.05, 3.63) is 96.1 Å². The first-order chi connectivity index (χ1) is 9.86. The molecule has 0 atom stereocenters. The molecule has 0 unspecified atom stereocenters. The smallest absolute Gasteiger partial charge is 0.470 e. The number of hydrogen-bond donors (Lipinski definition) is 0. The molecule has 2 nitrogen and oxygen atoms in total. The molecule has 0 radical (unpaired) electrons. The molecule has 0 N–H and O–H groups in total. The number of carbonyl (C=O) groups excluding carboxylic acids is 1. The second-order valence-electron chi connectivity index (χ2n) is 4.20. The molecule has 0 aromatic heterocycles. The van der Waals surface area contributed by atoms with Gasteiger partial charge in [-0.2, -0.15) is 30.3 Å². The van der Waals surface area contributed by atoms with Crippen LogP contribution in [-0.4, -0.2) is 5.97 Å². The van der Waals surface area contributed by atoms with E-state index in [0.717, 1.165) is 5.56 Å². The first-order valence-electron chi connectivity index (χ1n) is 6.46. The van der Waals surface area contributed by atoms with Gasteiger partial charge in [-0.15, -0.1) is 5.56 Å². The summed E-state index contributed by atoms with van der Waals surface area (Å²) in [5, 5.41) is 0. The number of carbonyl (C=O) groups is 1. The summed E-state index contributed by atoms with van der Waals surface area (Å²) in [5.74, 6) is -0.281. The van der Waals surface area contributed by atoms with Crippen LogP contribution in [0.3, 0.4) is 0 Å². The topological polar surface area (TPSA) is 26.3 Å². The molecule has 0 saturated carbocycles. The van der Waals surface area contributed by atoms with Crippen LogP contribution in [0.15, 0.2) is 84.9 Å². The molecule has 0 fully saturated rings. The van der Waals surface area contributed by atoms with Gasteiger partial charge in [-0.1, -0.05) is 18.2 Å². The maximum absolute atomic E-state index is 11.5. The molecule has 0 heterocycles. The molecule has 3 heteroatoms. The fourth-order valence-corrected chi connectivity index (χ4v) is 1.64. The molecule has 0 aliphatic carbocycles. The SMILES string of the molecule is O=C(OC[c-]1cccc1)c1ccccc1.[Fe+2].c1cc[cH-]c1. The van der Waals surface area contributed by atoms with Crippen LogP contribution in [-0.2, 0) is 28.4 Å². The third-order valence-corrected chi connectivity index (χ3v) is 2.67. The summed E-state index contributed by atoms with van der Waals surface area (Å²) >= 11 is 0. The number of ether oxygens (including phenoxy) is 1. The maximum atomic E-state index is 11.5. The molecule has 3 rings (SSSR count). The van der Waals surface area contributed by atoms with Crippen LogP contribution in [0.1, 0.15) is 15.9 Å². The third-order valence-electron chi connectivity index (χ3n) is 2.67. The van der Waals surface area contributed by atoms with Crippen molar-refractivity contribution in [2.75, 3.05) is 0 Å². The number of benzene rings is 1. The zero-order chi connectivity index (χ0) is 14.0. The summed E-state index contributed by atoms with van der Waals surface area (Å²) in [6, 6.07) is 26.7. The minimum atomic E-state index is -0.281. The van der Waals surface area contributed by atoms with E-state index in [1.807, 2.05) is 72.8 Å². The molecule has 0 spiro atoms. The van der Waals surface area contributed by atoms with Crippen LogP contribution in [0.25, 0.3) is 0 Å². The van der Waals surface area contributed by atoms with E-state index in [-0.39, 0.29) is 23.0 Å². The van der Waals surface area contributed by atoms with Crippen molar-refractivity contribution in [2.24, 2.45) is 0 Å². The Balaban J connectivity index is 0.000000313. The maximum Gasteiger partial charge on any atom is 2.00 e. The zero-order valence-electron chi connectivity index (χ0n) is 11.5. The summed E-state index contributed by atoms with van der Waals surface area (Å²) in [6.07, 6.45) is 0. The molecule has 0 saturated heterocycles. The second kappa shape index (κ2) is 9.76. The van der Waals surface area contributed by atoms with Crippen molar-refractivity contribution in [1.82, 2.24) is 0 Å². The monoisotopic (exact) mass is 320 g/mol. The van der Waals surface area contributed by atoms with Crippen molar-refractivity contribution in [3.63, 3.8) is 0 Å². The summed E-state index contributed by atoms with van der Waals surface area (Å²) in [5.41, 5.74) is 1.60. The van der Waals surface area contributed by atoms with Crippen molar-refractivity contribution in [2.45, 2.75) is 6.61 Å². The summed E-state index contributed by atoms with van der Waals surface area (Å²) < 4.78 is 5.13. The van der Waals surface area contributed by atoms with E-state index in [0.29, 0.717) is 12.2 Å². The first kappa shape index (κ1) is 17.0. The molecule has 0 aliphatic rings. The van der Waals surface area contributed by atoms with Gasteiger partial charge in [-0.25, -0.2) is 29.1 Å². The normalized spacial score (nSPS) is 8.95. The number of esters is 1. The fraction of sp³-hybridized carbons (Fsp3) is 0.0556. The number of rotatable bonds is 3. The predicted molar refractivity (Wildman–Crippen MR) is 79.6 cm³/mol. The summed E-state index contributed by atoms with van der Waals surface area (Å²) in [6.45, 7) is 0.334. The minimum absolute atomic E-state index is 0. The fourth-order valence-electron chi connectivity index (χ4n) is 1.64. The largest absolute Gasteiger partial charge is 2.00 e. The molecule has 21 heavy (non-hydrogen) atoms. The van der Waals surface area contributed by atoms with Gasteiger partial charge in [-0.3, -0.25) is 0 Å². The van der Waals surface area contributed by atoms with Gasteiger partial charge in [0.2, 0.25) is 0 Å². The molecular formula is C18H16FeO2. The van der Waals surface area contributed by atoms with Crippen LogP contribution in [0.5, 0.6) is 0 Å². The van der Waals surface area contributed by atoms with Crippen LogP contribution >= 0.6 is 0 Å². The van der Waals surface area contributed by atoms with Crippen molar-refractivity contribution in [3.8, 4) is 0 Å². The van der Waals surface area contributed by atoms with Gasteiger partial charge in [-0.05, 0) is 12.1 Å². The Bertz CT molecular complexity index is 566. The van der Waals surface area contributed by atoms with E-state index >= 15 is 0 Å². The van der Waals surface area contributed by atoms with Gasteiger partial charge in [0, 0.05) is 0 Å². The average Bonchev–Trinajstić information content (AvgIpc) is 3.21. The standard InChI is InChI=1S/C13H11O2.C5H5.Fe/c14-13(12-8-2-1-3-9-12)15-10-11-6-4-5-7-11;1-2-4-5-3-1;/h1-9H,10H2;1-5H;/q2*-1;+2. The van der Waals surface area contributed by atoms with Crippen LogP contribution in [0.4, 0.5) is 0 Å². The van der Waals surface area contributed by atoms with Gasteiger partial charge in [0.1, 0.15) is 0 Å². The predicted octanol–water partition coefficient (Wildman–Crippen LogP) is 4.17. The molecule has 0 aliphatic heterocycles. The van der Waals surface area contributed by atoms with Gasteiger partial charge < -0.3 is 4.74 Å². The molecule has 0 bridgehead atoms. The Labute approximate surface area is 135 Å². The average molecular weight is 320 g/mol. The van der Waals surface area contributed by atoms with Crippen LogP contribution < -0.4 is 0 Å². The van der Waals surface area contributed by atoms with Crippen LogP contribution in [0.2, 0.25) is 0 Å². The van der Waals surface area contributed by atoms with Crippen molar-refractivity contribution >= 4 is 5.97 Å². The zero-order valence-corrected chi connectivity index (χ0v) is 12.6. The molecule has 3 aromatic rings. The molecule has 0 amide bonds. The van der Waals surface area contributed by atoms with Crippen molar-refractivity contribution in [1.29, 1.82) is 0 Å². The Morgan fingerprint density at radius 2 is 1.57 bits per heavy atom. The van der Waals surface area contributed by atoms with E-state index in [9.17, 15) is 4.79 Å².